The number of benzene rings is 1. The van der Waals surface area contributed by atoms with Crippen LogP contribution in [0.15, 0.2) is 41.3 Å². The Bertz CT molecular complexity index is 672. The summed E-state index contributed by atoms with van der Waals surface area (Å²) in [6.07, 6.45) is 1.20. The van der Waals surface area contributed by atoms with Gasteiger partial charge in [0.25, 0.3) is 0 Å². The van der Waals surface area contributed by atoms with E-state index in [2.05, 4.69) is 10.3 Å². The summed E-state index contributed by atoms with van der Waals surface area (Å²) in [6, 6.07) is 10.6. The summed E-state index contributed by atoms with van der Waals surface area (Å²) in [6.45, 7) is 3.94. The molecule has 0 spiro atoms. The number of nitrogens with one attached hydrogen (secondary N) is 1. The first kappa shape index (κ1) is 13.5. The standard InChI is InChI=1S/C14H16N2O2S/c1-10-8-11(2)15-14(9-10)16-12-4-6-13(7-5-12)19(3,17)18/h4-9H,1-3H3,(H,15,16). The third-order valence-electron chi connectivity index (χ3n) is 2.65. The van der Waals surface area contributed by atoms with Crippen molar-refractivity contribution < 1.29 is 8.42 Å². The number of pyridine rings is 1. The smallest absolute Gasteiger partial charge is 0.175 e. The maximum atomic E-state index is 11.4. The number of nitrogens with zero attached hydrogens (tertiary/aromatic N) is 1. The highest BCUT2D eigenvalue weighted by atomic mass is 32.2. The van der Waals surface area contributed by atoms with Crippen LogP contribution in [0, 0.1) is 13.8 Å². The zero-order chi connectivity index (χ0) is 14.0. The molecule has 100 valence electrons. The Hall–Kier alpha value is -1.88. The fraction of sp³-hybridized carbons (Fsp3) is 0.214. The van der Waals surface area contributed by atoms with E-state index in [9.17, 15) is 8.42 Å². The highest BCUT2D eigenvalue weighted by Gasteiger charge is 2.06. The van der Waals surface area contributed by atoms with E-state index in [-0.39, 0.29) is 0 Å². The van der Waals surface area contributed by atoms with Crippen LogP contribution in [-0.4, -0.2) is 19.7 Å². The van der Waals surface area contributed by atoms with Gasteiger partial charge in [0.2, 0.25) is 0 Å². The molecule has 0 amide bonds. The Morgan fingerprint density at radius 2 is 1.68 bits per heavy atom. The van der Waals surface area contributed by atoms with E-state index >= 15 is 0 Å². The molecule has 0 aliphatic rings. The summed E-state index contributed by atoms with van der Waals surface area (Å²) >= 11 is 0. The number of hydrogen-bond acceptors (Lipinski definition) is 4. The van der Waals surface area contributed by atoms with Crippen LogP contribution in [0.2, 0.25) is 0 Å². The van der Waals surface area contributed by atoms with E-state index in [4.69, 9.17) is 0 Å². The molecule has 1 N–H and O–H groups in total. The first-order valence-electron chi connectivity index (χ1n) is 5.87. The Balaban J connectivity index is 2.24. The molecule has 0 bridgehead atoms. The minimum atomic E-state index is -3.15. The number of rotatable bonds is 3. The van der Waals surface area contributed by atoms with E-state index in [0.717, 1.165) is 22.8 Å². The van der Waals surface area contributed by atoms with Crippen LogP contribution in [0.3, 0.4) is 0 Å². The zero-order valence-corrected chi connectivity index (χ0v) is 12.0. The monoisotopic (exact) mass is 276 g/mol. The lowest BCUT2D eigenvalue weighted by molar-refractivity contribution is 0.602. The normalized spacial score (nSPS) is 11.3. The molecular formula is C14H16N2O2S. The minimum Gasteiger partial charge on any atom is -0.340 e. The highest BCUT2D eigenvalue weighted by molar-refractivity contribution is 7.90. The second-order valence-electron chi connectivity index (χ2n) is 4.59. The van der Waals surface area contributed by atoms with Gasteiger partial charge in [-0.05, 0) is 55.8 Å². The van der Waals surface area contributed by atoms with E-state index in [1.54, 1.807) is 24.3 Å². The molecule has 0 atom stereocenters. The maximum Gasteiger partial charge on any atom is 0.175 e. The molecule has 1 aromatic carbocycles. The van der Waals surface area contributed by atoms with Gasteiger partial charge in [-0.1, -0.05) is 0 Å². The van der Waals surface area contributed by atoms with E-state index in [1.165, 1.54) is 6.26 Å². The number of anilines is 2. The van der Waals surface area contributed by atoms with Crippen LogP contribution in [0.4, 0.5) is 11.5 Å². The summed E-state index contributed by atoms with van der Waals surface area (Å²) in [5.74, 6) is 0.754. The first-order valence-corrected chi connectivity index (χ1v) is 7.76. The molecule has 5 heteroatoms. The fourth-order valence-electron chi connectivity index (χ4n) is 1.84. The summed E-state index contributed by atoms with van der Waals surface area (Å²) in [7, 11) is -3.15. The highest BCUT2D eigenvalue weighted by Crippen LogP contribution is 2.18. The van der Waals surface area contributed by atoms with Crippen molar-refractivity contribution in [2.45, 2.75) is 18.7 Å². The van der Waals surface area contributed by atoms with Crippen LogP contribution in [-0.2, 0) is 9.84 Å². The lowest BCUT2D eigenvalue weighted by Crippen LogP contribution is -1.98. The van der Waals surface area contributed by atoms with Gasteiger partial charge in [-0.3, -0.25) is 0 Å². The lowest BCUT2D eigenvalue weighted by Gasteiger charge is -2.08. The van der Waals surface area contributed by atoms with Crippen LogP contribution in [0.25, 0.3) is 0 Å². The SMILES string of the molecule is Cc1cc(C)nc(Nc2ccc(S(C)(=O)=O)cc2)c1. The van der Waals surface area contributed by atoms with Gasteiger partial charge in [0, 0.05) is 17.6 Å². The molecule has 1 aromatic heterocycles. The predicted molar refractivity (Wildman–Crippen MR) is 76.5 cm³/mol. The van der Waals surface area contributed by atoms with Crippen LogP contribution >= 0.6 is 0 Å². The van der Waals surface area contributed by atoms with Gasteiger partial charge in [0.05, 0.1) is 4.90 Å². The maximum absolute atomic E-state index is 11.4. The fourth-order valence-corrected chi connectivity index (χ4v) is 2.47. The Labute approximate surface area is 113 Å². The van der Waals surface area contributed by atoms with Gasteiger partial charge >= 0.3 is 0 Å². The molecule has 0 saturated heterocycles. The Morgan fingerprint density at radius 1 is 1.05 bits per heavy atom. The molecule has 1 heterocycles. The molecular weight excluding hydrogens is 260 g/mol. The third kappa shape index (κ3) is 3.54. The average molecular weight is 276 g/mol. The second kappa shape index (κ2) is 5.01. The summed E-state index contributed by atoms with van der Waals surface area (Å²) in [4.78, 5) is 4.68. The number of aromatic nitrogens is 1. The molecule has 19 heavy (non-hydrogen) atoms. The summed E-state index contributed by atoms with van der Waals surface area (Å²) in [5, 5.41) is 3.16. The van der Waals surface area contributed by atoms with Crippen LogP contribution in [0.1, 0.15) is 11.3 Å². The molecule has 0 fully saturated rings. The van der Waals surface area contributed by atoms with Gasteiger partial charge in [-0.25, -0.2) is 13.4 Å². The summed E-state index contributed by atoms with van der Waals surface area (Å²) in [5.41, 5.74) is 2.88. The van der Waals surface area contributed by atoms with Crippen LogP contribution < -0.4 is 5.32 Å². The molecule has 2 rings (SSSR count). The molecule has 0 radical (unpaired) electrons. The molecule has 0 aliphatic heterocycles. The first-order chi connectivity index (χ1) is 8.84. The minimum absolute atomic E-state index is 0.312. The van der Waals surface area contributed by atoms with E-state index < -0.39 is 9.84 Å². The molecule has 2 aromatic rings. The number of aryl methyl sites for hydroxylation is 2. The Kier molecular flexibility index (Phi) is 3.57. The number of sulfone groups is 1. The third-order valence-corrected chi connectivity index (χ3v) is 3.78. The molecule has 0 aliphatic carbocycles. The van der Waals surface area contributed by atoms with E-state index in [1.807, 2.05) is 26.0 Å². The zero-order valence-electron chi connectivity index (χ0n) is 11.1. The quantitative estimate of drug-likeness (QED) is 0.936. The molecule has 4 nitrogen and oxygen atoms in total. The van der Waals surface area contributed by atoms with Gasteiger partial charge in [-0.15, -0.1) is 0 Å². The molecule has 0 unspecified atom stereocenters. The van der Waals surface area contributed by atoms with Crippen molar-refractivity contribution in [3.8, 4) is 0 Å². The summed E-state index contributed by atoms with van der Waals surface area (Å²) < 4.78 is 22.7. The average Bonchev–Trinajstić information content (AvgIpc) is 2.26. The lowest BCUT2D eigenvalue weighted by atomic mass is 10.2. The second-order valence-corrected chi connectivity index (χ2v) is 6.61. The van der Waals surface area contributed by atoms with Crippen molar-refractivity contribution in [3.05, 3.63) is 47.7 Å². The van der Waals surface area contributed by atoms with Crippen molar-refractivity contribution in [3.63, 3.8) is 0 Å². The molecule has 0 saturated carbocycles. The predicted octanol–water partition coefficient (Wildman–Crippen LogP) is 2.85. The van der Waals surface area contributed by atoms with Gasteiger partial charge in [0.1, 0.15) is 5.82 Å². The van der Waals surface area contributed by atoms with Crippen LogP contribution in [0.5, 0.6) is 0 Å². The van der Waals surface area contributed by atoms with Crippen molar-refractivity contribution in [1.82, 2.24) is 4.98 Å². The Morgan fingerprint density at radius 3 is 2.21 bits per heavy atom. The van der Waals surface area contributed by atoms with Gasteiger partial charge in [-0.2, -0.15) is 0 Å². The van der Waals surface area contributed by atoms with Gasteiger partial charge in [0.15, 0.2) is 9.84 Å². The topological polar surface area (TPSA) is 59.1 Å². The van der Waals surface area contributed by atoms with Crippen molar-refractivity contribution in [2.75, 3.05) is 11.6 Å². The van der Waals surface area contributed by atoms with E-state index in [0.29, 0.717) is 4.90 Å². The number of hydrogen-bond donors (Lipinski definition) is 1. The largest absolute Gasteiger partial charge is 0.340 e. The van der Waals surface area contributed by atoms with Gasteiger partial charge < -0.3 is 5.32 Å². The van der Waals surface area contributed by atoms with Crippen molar-refractivity contribution in [2.24, 2.45) is 0 Å². The van der Waals surface area contributed by atoms with Crippen molar-refractivity contribution in [1.29, 1.82) is 0 Å². The van der Waals surface area contributed by atoms with Crippen molar-refractivity contribution >= 4 is 21.3 Å².